The second kappa shape index (κ2) is 3.40. The van der Waals surface area contributed by atoms with E-state index < -0.39 is 5.41 Å². The Balaban J connectivity index is 3.25. The molecule has 0 bridgehead atoms. The maximum atomic E-state index is 12.9. The van der Waals surface area contributed by atoms with Crippen molar-refractivity contribution in [3.8, 4) is 12.3 Å². The van der Waals surface area contributed by atoms with Gasteiger partial charge in [0.05, 0.1) is 5.41 Å². The molecule has 0 aliphatic carbocycles. The Morgan fingerprint density at radius 2 is 2.00 bits per heavy atom. The number of hydrogen-bond donors (Lipinski definition) is 0. The van der Waals surface area contributed by atoms with E-state index in [-0.39, 0.29) is 5.82 Å². The van der Waals surface area contributed by atoms with Crippen LogP contribution in [0.1, 0.15) is 19.4 Å². The SMILES string of the molecule is C#CC(C)(C)c1cc(F)cc(Cl)c1. The fourth-order valence-corrected chi connectivity index (χ4v) is 1.22. The van der Waals surface area contributed by atoms with Crippen molar-refractivity contribution in [2.24, 2.45) is 0 Å². The first-order valence-corrected chi connectivity index (χ1v) is 4.28. The highest BCUT2D eigenvalue weighted by Gasteiger charge is 2.18. The van der Waals surface area contributed by atoms with Crippen molar-refractivity contribution in [2.75, 3.05) is 0 Å². The molecular weight excluding hydrogens is 187 g/mol. The zero-order valence-electron chi connectivity index (χ0n) is 7.57. The molecule has 0 saturated heterocycles. The lowest BCUT2D eigenvalue weighted by Crippen LogP contribution is -2.13. The number of terminal acetylenes is 1. The lowest BCUT2D eigenvalue weighted by atomic mass is 9.86. The summed E-state index contributed by atoms with van der Waals surface area (Å²) in [6.07, 6.45) is 5.32. The van der Waals surface area contributed by atoms with Crippen LogP contribution < -0.4 is 0 Å². The van der Waals surface area contributed by atoms with Crippen molar-refractivity contribution in [1.29, 1.82) is 0 Å². The monoisotopic (exact) mass is 196 g/mol. The predicted molar refractivity (Wildman–Crippen MR) is 53.3 cm³/mol. The third-order valence-electron chi connectivity index (χ3n) is 1.95. The molecule has 0 aliphatic rings. The molecule has 2 heteroatoms. The van der Waals surface area contributed by atoms with Crippen LogP contribution in [0.2, 0.25) is 5.02 Å². The molecule has 0 heterocycles. The van der Waals surface area contributed by atoms with Gasteiger partial charge in [0.2, 0.25) is 0 Å². The molecule has 0 amide bonds. The Kier molecular flexibility index (Phi) is 2.63. The van der Waals surface area contributed by atoms with Gasteiger partial charge in [-0.05, 0) is 37.6 Å². The minimum Gasteiger partial charge on any atom is -0.207 e. The van der Waals surface area contributed by atoms with E-state index in [9.17, 15) is 4.39 Å². The highest BCUT2D eigenvalue weighted by atomic mass is 35.5. The highest BCUT2D eigenvalue weighted by Crippen LogP contribution is 2.25. The van der Waals surface area contributed by atoms with E-state index in [1.54, 1.807) is 6.07 Å². The lowest BCUT2D eigenvalue weighted by Gasteiger charge is -2.18. The molecule has 0 saturated carbocycles. The first-order chi connectivity index (χ1) is 5.95. The molecule has 0 aromatic heterocycles. The van der Waals surface area contributed by atoms with Gasteiger partial charge in [0.15, 0.2) is 0 Å². The topological polar surface area (TPSA) is 0 Å². The van der Waals surface area contributed by atoms with Crippen molar-refractivity contribution < 1.29 is 4.39 Å². The Hall–Kier alpha value is -1.00. The summed E-state index contributed by atoms with van der Waals surface area (Å²) in [7, 11) is 0. The van der Waals surface area contributed by atoms with Gasteiger partial charge in [-0.2, -0.15) is 0 Å². The van der Waals surface area contributed by atoms with Gasteiger partial charge in [-0.15, -0.1) is 6.42 Å². The largest absolute Gasteiger partial charge is 0.207 e. The first-order valence-electron chi connectivity index (χ1n) is 3.90. The Labute approximate surface area is 82.7 Å². The molecule has 0 radical (unpaired) electrons. The quantitative estimate of drug-likeness (QED) is 0.604. The van der Waals surface area contributed by atoms with Gasteiger partial charge in [0, 0.05) is 5.02 Å². The summed E-state index contributed by atoms with van der Waals surface area (Å²) in [6, 6.07) is 4.36. The van der Waals surface area contributed by atoms with Crippen molar-refractivity contribution in [3.05, 3.63) is 34.6 Å². The summed E-state index contributed by atoms with van der Waals surface area (Å²) < 4.78 is 12.9. The van der Waals surface area contributed by atoms with Gasteiger partial charge in [0.1, 0.15) is 5.82 Å². The van der Waals surface area contributed by atoms with Crippen molar-refractivity contribution in [2.45, 2.75) is 19.3 Å². The maximum Gasteiger partial charge on any atom is 0.125 e. The van der Waals surface area contributed by atoms with E-state index in [1.807, 2.05) is 13.8 Å². The average Bonchev–Trinajstić information content (AvgIpc) is 2.02. The zero-order valence-corrected chi connectivity index (χ0v) is 8.32. The van der Waals surface area contributed by atoms with E-state index in [0.29, 0.717) is 5.02 Å². The fourth-order valence-electron chi connectivity index (χ4n) is 0.998. The number of rotatable bonds is 1. The predicted octanol–water partition coefficient (Wildman–Crippen LogP) is 3.39. The van der Waals surface area contributed by atoms with Crippen LogP contribution in [0, 0.1) is 18.2 Å². The van der Waals surface area contributed by atoms with E-state index in [2.05, 4.69) is 5.92 Å². The van der Waals surface area contributed by atoms with E-state index in [1.165, 1.54) is 12.1 Å². The van der Waals surface area contributed by atoms with Crippen LogP contribution in [0.15, 0.2) is 18.2 Å². The summed E-state index contributed by atoms with van der Waals surface area (Å²) in [4.78, 5) is 0. The van der Waals surface area contributed by atoms with Gasteiger partial charge in [0.25, 0.3) is 0 Å². The molecule has 68 valence electrons. The highest BCUT2D eigenvalue weighted by molar-refractivity contribution is 6.30. The molecule has 0 fully saturated rings. The third-order valence-corrected chi connectivity index (χ3v) is 2.16. The first kappa shape index (κ1) is 10.1. The fraction of sp³-hybridized carbons (Fsp3) is 0.273. The molecule has 0 N–H and O–H groups in total. The summed E-state index contributed by atoms with van der Waals surface area (Å²) in [6.45, 7) is 3.69. The van der Waals surface area contributed by atoms with Crippen LogP contribution in [-0.2, 0) is 5.41 Å². The van der Waals surface area contributed by atoms with Gasteiger partial charge in [-0.3, -0.25) is 0 Å². The van der Waals surface area contributed by atoms with Crippen LogP contribution in [0.3, 0.4) is 0 Å². The smallest absolute Gasteiger partial charge is 0.125 e. The van der Waals surface area contributed by atoms with Crippen LogP contribution in [0.25, 0.3) is 0 Å². The van der Waals surface area contributed by atoms with E-state index in [4.69, 9.17) is 18.0 Å². The van der Waals surface area contributed by atoms with Crippen LogP contribution >= 0.6 is 11.6 Å². The van der Waals surface area contributed by atoms with E-state index in [0.717, 1.165) is 5.56 Å². The molecule has 0 atom stereocenters. The second-order valence-electron chi connectivity index (χ2n) is 3.43. The van der Waals surface area contributed by atoms with Crippen LogP contribution in [0.4, 0.5) is 4.39 Å². The minimum absolute atomic E-state index is 0.356. The van der Waals surface area contributed by atoms with Gasteiger partial charge < -0.3 is 0 Å². The van der Waals surface area contributed by atoms with Gasteiger partial charge in [-0.1, -0.05) is 17.5 Å². The summed E-state index contributed by atoms with van der Waals surface area (Å²) in [5.41, 5.74) is 0.242. The molecule has 1 rings (SSSR count). The Morgan fingerprint density at radius 3 is 2.46 bits per heavy atom. The molecule has 0 aliphatic heterocycles. The molecular formula is C11H10ClF. The average molecular weight is 197 g/mol. The number of benzene rings is 1. The normalized spacial score (nSPS) is 11.0. The Bertz CT molecular complexity index is 341. The summed E-state index contributed by atoms with van der Waals surface area (Å²) in [5.74, 6) is 2.23. The van der Waals surface area contributed by atoms with Gasteiger partial charge in [-0.25, -0.2) is 4.39 Å². The van der Waals surface area contributed by atoms with Crippen molar-refractivity contribution >= 4 is 11.6 Å². The molecule has 1 aromatic carbocycles. The maximum absolute atomic E-state index is 12.9. The van der Waals surface area contributed by atoms with E-state index >= 15 is 0 Å². The van der Waals surface area contributed by atoms with Crippen molar-refractivity contribution in [1.82, 2.24) is 0 Å². The zero-order chi connectivity index (χ0) is 10.1. The molecule has 0 unspecified atom stereocenters. The summed E-state index contributed by atoms with van der Waals surface area (Å²) in [5, 5.41) is 0.373. The standard InChI is InChI=1S/C11H10ClF/c1-4-11(2,3)8-5-9(12)7-10(13)6-8/h1,5-7H,2-3H3. The Morgan fingerprint density at radius 1 is 1.38 bits per heavy atom. The van der Waals surface area contributed by atoms with Crippen LogP contribution in [-0.4, -0.2) is 0 Å². The van der Waals surface area contributed by atoms with Crippen LogP contribution in [0.5, 0.6) is 0 Å². The molecule has 13 heavy (non-hydrogen) atoms. The second-order valence-corrected chi connectivity index (χ2v) is 3.86. The summed E-state index contributed by atoms with van der Waals surface area (Å²) >= 11 is 5.70. The number of hydrogen-bond acceptors (Lipinski definition) is 0. The molecule has 1 aromatic rings. The number of halogens is 2. The lowest BCUT2D eigenvalue weighted by molar-refractivity contribution is 0.614. The van der Waals surface area contributed by atoms with Gasteiger partial charge >= 0.3 is 0 Å². The molecule has 0 nitrogen and oxygen atoms in total. The van der Waals surface area contributed by atoms with Crippen molar-refractivity contribution in [3.63, 3.8) is 0 Å². The third kappa shape index (κ3) is 2.23. The minimum atomic E-state index is -0.480. The molecule has 0 spiro atoms.